The van der Waals surface area contributed by atoms with E-state index in [4.69, 9.17) is 4.74 Å². The molecular formula is C19H14N2O2S. The highest BCUT2D eigenvalue weighted by Gasteiger charge is 2.12. The van der Waals surface area contributed by atoms with Crippen molar-refractivity contribution in [3.05, 3.63) is 66.2 Å². The zero-order valence-corrected chi connectivity index (χ0v) is 13.8. The van der Waals surface area contributed by atoms with E-state index in [1.54, 1.807) is 7.11 Å². The van der Waals surface area contributed by atoms with Crippen molar-refractivity contribution in [2.45, 2.75) is 0 Å². The van der Waals surface area contributed by atoms with Gasteiger partial charge in [-0.15, -0.1) is 0 Å². The predicted octanol–water partition coefficient (Wildman–Crippen LogP) is 4.71. The molecule has 5 heteroatoms. The van der Waals surface area contributed by atoms with E-state index in [0.717, 1.165) is 26.7 Å². The normalized spacial score (nSPS) is 10.9. The summed E-state index contributed by atoms with van der Waals surface area (Å²) in [4.78, 5) is 17.1. The molecule has 0 unspecified atom stereocenters. The van der Waals surface area contributed by atoms with Gasteiger partial charge in [0.2, 0.25) is 0 Å². The molecule has 0 saturated heterocycles. The van der Waals surface area contributed by atoms with Crippen LogP contribution in [0.2, 0.25) is 0 Å². The molecule has 0 aliphatic carbocycles. The molecule has 0 fully saturated rings. The van der Waals surface area contributed by atoms with E-state index < -0.39 is 0 Å². The van der Waals surface area contributed by atoms with Crippen molar-refractivity contribution in [1.29, 1.82) is 0 Å². The van der Waals surface area contributed by atoms with Gasteiger partial charge in [0.15, 0.2) is 5.13 Å². The van der Waals surface area contributed by atoms with Gasteiger partial charge in [-0.05, 0) is 29.0 Å². The number of methoxy groups -OCH3 is 1. The van der Waals surface area contributed by atoms with Crippen molar-refractivity contribution in [3.8, 4) is 5.75 Å². The summed E-state index contributed by atoms with van der Waals surface area (Å²) in [6.07, 6.45) is 0. The molecule has 1 amide bonds. The lowest BCUT2D eigenvalue weighted by Crippen LogP contribution is -2.12. The van der Waals surface area contributed by atoms with Crippen molar-refractivity contribution in [2.75, 3.05) is 12.4 Å². The Hall–Kier alpha value is -2.92. The average molecular weight is 334 g/mol. The molecule has 0 bridgehead atoms. The molecule has 4 nitrogen and oxygen atoms in total. The summed E-state index contributed by atoms with van der Waals surface area (Å²) < 4.78 is 6.21. The third-order valence-electron chi connectivity index (χ3n) is 3.85. The Bertz CT molecular complexity index is 1050. The lowest BCUT2D eigenvalue weighted by Gasteiger charge is -2.05. The second-order valence-electron chi connectivity index (χ2n) is 5.33. The summed E-state index contributed by atoms with van der Waals surface area (Å²) in [5.41, 5.74) is 1.46. The van der Waals surface area contributed by atoms with Crippen LogP contribution in [0.25, 0.3) is 21.0 Å². The molecule has 4 rings (SSSR count). The molecule has 3 aromatic carbocycles. The second kappa shape index (κ2) is 5.94. The standard InChI is InChI=1S/C19H14N2O2S/c1-23-13-9-10-17-16(11-13)20-19(24-17)21-18(22)15-8-4-6-12-5-2-3-7-14(12)15/h2-11H,1H3,(H,20,21,22). The molecule has 1 heterocycles. The fourth-order valence-corrected chi connectivity index (χ4v) is 3.52. The maximum absolute atomic E-state index is 12.7. The summed E-state index contributed by atoms with van der Waals surface area (Å²) in [5.74, 6) is 0.595. The number of hydrogen-bond donors (Lipinski definition) is 1. The van der Waals surface area contributed by atoms with Crippen LogP contribution < -0.4 is 10.1 Å². The highest BCUT2D eigenvalue weighted by atomic mass is 32.1. The van der Waals surface area contributed by atoms with Gasteiger partial charge in [-0.1, -0.05) is 47.7 Å². The summed E-state index contributed by atoms with van der Waals surface area (Å²) in [6.45, 7) is 0. The van der Waals surface area contributed by atoms with E-state index in [1.807, 2.05) is 60.7 Å². The Morgan fingerprint density at radius 1 is 1.08 bits per heavy atom. The highest BCUT2D eigenvalue weighted by molar-refractivity contribution is 7.22. The lowest BCUT2D eigenvalue weighted by atomic mass is 10.0. The van der Waals surface area contributed by atoms with Gasteiger partial charge in [0, 0.05) is 11.6 Å². The molecule has 0 atom stereocenters. The Morgan fingerprint density at radius 2 is 1.92 bits per heavy atom. The number of carbonyl (C=O) groups is 1. The number of nitrogens with one attached hydrogen (secondary N) is 1. The molecule has 0 aliphatic heterocycles. The van der Waals surface area contributed by atoms with E-state index in [0.29, 0.717) is 10.7 Å². The van der Waals surface area contributed by atoms with Crippen molar-refractivity contribution < 1.29 is 9.53 Å². The van der Waals surface area contributed by atoms with Crippen LogP contribution in [0.4, 0.5) is 5.13 Å². The Morgan fingerprint density at radius 3 is 2.79 bits per heavy atom. The van der Waals surface area contributed by atoms with Crippen LogP contribution in [0, 0.1) is 0 Å². The number of thiazole rings is 1. The molecule has 24 heavy (non-hydrogen) atoms. The zero-order valence-electron chi connectivity index (χ0n) is 12.9. The first-order valence-electron chi connectivity index (χ1n) is 7.48. The number of amides is 1. The SMILES string of the molecule is COc1ccc2sc(NC(=O)c3cccc4ccccc34)nc2c1. The minimum atomic E-state index is -0.155. The molecule has 4 aromatic rings. The Balaban J connectivity index is 1.68. The monoisotopic (exact) mass is 334 g/mol. The number of fused-ring (bicyclic) bond motifs is 2. The van der Waals surface area contributed by atoms with Gasteiger partial charge in [-0.3, -0.25) is 10.1 Å². The predicted molar refractivity (Wildman–Crippen MR) is 98.1 cm³/mol. The molecule has 0 spiro atoms. The van der Waals surface area contributed by atoms with Gasteiger partial charge in [-0.2, -0.15) is 0 Å². The van der Waals surface area contributed by atoms with Crippen LogP contribution in [0.1, 0.15) is 10.4 Å². The summed E-state index contributed by atoms with van der Waals surface area (Å²) in [6, 6.07) is 19.2. The lowest BCUT2D eigenvalue weighted by molar-refractivity contribution is 0.102. The number of benzene rings is 3. The van der Waals surface area contributed by atoms with E-state index in [2.05, 4.69) is 10.3 Å². The largest absolute Gasteiger partial charge is 0.497 e. The molecular weight excluding hydrogens is 320 g/mol. The Kier molecular flexibility index (Phi) is 3.63. The second-order valence-corrected chi connectivity index (χ2v) is 6.36. The number of carbonyl (C=O) groups excluding carboxylic acids is 1. The minimum Gasteiger partial charge on any atom is -0.497 e. The van der Waals surface area contributed by atoms with E-state index in [9.17, 15) is 4.79 Å². The van der Waals surface area contributed by atoms with Crippen LogP contribution in [-0.2, 0) is 0 Å². The van der Waals surface area contributed by atoms with E-state index >= 15 is 0 Å². The van der Waals surface area contributed by atoms with Crippen LogP contribution in [0.3, 0.4) is 0 Å². The number of anilines is 1. The van der Waals surface area contributed by atoms with E-state index in [1.165, 1.54) is 11.3 Å². The summed E-state index contributed by atoms with van der Waals surface area (Å²) in [7, 11) is 1.62. The zero-order chi connectivity index (χ0) is 16.5. The number of nitrogens with zero attached hydrogens (tertiary/aromatic N) is 1. The van der Waals surface area contributed by atoms with Crippen LogP contribution in [0.15, 0.2) is 60.7 Å². The maximum atomic E-state index is 12.7. The first-order chi connectivity index (χ1) is 11.7. The smallest absolute Gasteiger partial charge is 0.258 e. The molecule has 0 aliphatic rings. The number of hydrogen-bond acceptors (Lipinski definition) is 4. The fourth-order valence-electron chi connectivity index (χ4n) is 2.68. The van der Waals surface area contributed by atoms with Crippen LogP contribution in [0.5, 0.6) is 5.75 Å². The molecule has 0 radical (unpaired) electrons. The average Bonchev–Trinajstić information content (AvgIpc) is 3.02. The quantitative estimate of drug-likeness (QED) is 0.590. The van der Waals surface area contributed by atoms with Crippen molar-refractivity contribution in [2.24, 2.45) is 0 Å². The first kappa shape index (κ1) is 14.7. The molecule has 1 N–H and O–H groups in total. The highest BCUT2D eigenvalue weighted by Crippen LogP contribution is 2.29. The topological polar surface area (TPSA) is 51.2 Å². The van der Waals surface area contributed by atoms with Crippen molar-refractivity contribution in [1.82, 2.24) is 4.98 Å². The van der Waals surface area contributed by atoms with Gasteiger partial charge in [-0.25, -0.2) is 4.98 Å². The van der Waals surface area contributed by atoms with Crippen LogP contribution >= 0.6 is 11.3 Å². The fraction of sp³-hybridized carbons (Fsp3) is 0.0526. The first-order valence-corrected chi connectivity index (χ1v) is 8.30. The molecule has 118 valence electrons. The van der Waals surface area contributed by atoms with E-state index in [-0.39, 0.29) is 5.91 Å². The van der Waals surface area contributed by atoms with Gasteiger partial charge < -0.3 is 4.74 Å². The summed E-state index contributed by atoms with van der Waals surface area (Å²) >= 11 is 1.45. The number of aromatic nitrogens is 1. The third-order valence-corrected chi connectivity index (χ3v) is 4.80. The van der Waals surface area contributed by atoms with Gasteiger partial charge >= 0.3 is 0 Å². The maximum Gasteiger partial charge on any atom is 0.258 e. The molecule has 1 aromatic heterocycles. The third kappa shape index (κ3) is 2.59. The van der Waals surface area contributed by atoms with Crippen LogP contribution in [-0.4, -0.2) is 18.0 Å². The minimum absolute atomic E-state index is 0.155. The number of rotatable bonds is 3. The van der Waals surface area contributed by atoms with Gasteiger partial charge in [0.25, 0.3) is 5.91 Å². The Labute approximate surface area is 142 Å². The van der Waals surface area contributed by atoms with Gasteiger partial charge in [0.1, 0.15) is 5.75 Å². The molecule has 0 saturated carbocycles. The van der Waals surface area contributed by atoms with Crippen molar-refractivity contribution >= 4 is 43.4 Å². The van der Waals surface area contributed by atoms with Gasteiger partial charge in [0.05, 0.1) is 17.3 Å². The summed E-state index contributed by atoms with van der Waals surface area (Å²) in [5, 5.41) is 5.46. The number of ether oxygens (including phenoxy) is 1. The van der Waals surface area contributed by atoms with Crippen molar-refractivity contribution in [3.63, 3.8) is 0 Å².